The molecular weight excluding hydrogens is 324 g/mol. The summed E-state index contributed by atoms with van der Waals surface area (Å²) < 4.78 is 28.9. The summed E-state index contributed by atoms with van der Waals surface area (Å²) in [6.07, 6.45) is 9.79. The number of nitrogens with one attached hydrogen (secondary N) is 1. The summed E-state index contributed by atoms with van der Waals surface area (Å²) in [4.78, 5) is 2.55. The first-order valence-corrected chi connectivity index (χ1v) is 10.9. The van der Waals surface area contributed by atoms with Gasteiger partial charge in [0.15, 0.2) is 0 Å². The summed E-state index contributed by atoms with van der Waals surface area (Å²) in [6.45, 7) is 3.65. The van der Waals surface area contributed by atoms with E-state index in [1.807, 2.05) is 6.20 Å². The van der Waals surface area contributed by atoms with Gasteiger partial charge in [-0.1, -0.05) is 12.8 Å². The van der Waals surface area contributed by atoms with Gasteiger partial charge < -0.3 is 0 Å². The molecule has 3 aliphatic rings. The maximum Gasteiger partial charge on any atom is 0.214 e. The van der Waals surface area contributed by atoms with Crippen molar-refractivity contribution < 1.29 is 8.42 Å². The minimum Gasteiger partial charge on any atom is -0.295 e. The van der Waals surface area contributed by atoms with Crippen LogP contribution in [0.15, 0.2) is 12.3 Å². The van der Waals surface area contributed by atoms with Crippen molar-refractivity contribution >= 4 is 10.0 Å². The third-order valence-electron chi connectivity index (χ3n) is 5.69. The lowest BCUT2D eigenvalue weighted by Gasteiger charge is -2.35. The largest absolute Gasteiger partial charge is 0.295 e. The van der Waals surface area contributed by atoms with Crippen molar-refractivity contribution in [1.29, 1.82) is 0 Å². The molecule has 134 valence electrons. The van der Waals surface area contributed by atoms with Gasteiger partial charge in [0.2, 0.25) is 10.0 Å². The first-order valence-electron chi connectivity index (χ1n) is 9.35. The third-order valence-corrected chi connectivity index (χ3v) is 7.64. The Balaban J connectivity index is 1.36. The van der Waals surface area contributed by atoms with E-state index in [0.29, 0.717) is 6.54 Å². The van der Waals surface area contributed by atoms with Crippen LogP contribution < -0.4 is 4.72 Å². The van der Waals surface area contributed by atoms with Crippen molar-refractivity contribution in [1.82, 2.24) is 19.4 Å². The smallest absolute Gasteiger partial charge is 0.214 e. The standard InChI is InChI=1S/C17H28N4O2S/c22-24(23,17-5-6-17)19-10-8-16-13-20(11-14-3-1-2-4-14)12-15-7-9-18-21(15)16/h7,9,14,16-17,19H,1-6,8,10-13H2. The molecule has 0 radical (unpaired) electrons. The number of hydrogen-bond donors (Lipinski definition) is 1. The normalized spacial score (nSPS) is 25.9. The number of aromatic nitrogens is 2. The van der Waals surface area contributed by atoms with Gasteiger partial charge in [-0.3, -0.25) is 9.58 Å². The summed E-state index contributed by atoms with van der Waals surface area (Å²) >= 11 is 0. The van der Waals surface area contributed by atoms with E-state index in [0.717, 1.165) is 38.3 Å². The molecule has 2 fully saturated rings. The number of nitrogens with zero attached hydrogens (tertiary/aromatic N) is 3. The van der Waals surface area contributed by atoms with Crippen LogP contribution in [0.5, 0.6) is 0 Å². The van der Waals surface area contributed by atoms with Crippen LogP contribution in [-0.2, 0) is 16.6 Å². The Hall–Kier alpha value is -0.920. The maximum atomic E-state index is 12.0. The van der Waals surface area contributed by atoms with Crippen molar-refractivity contribution in [2.45, 2.75) is 62.8 Å². The molecule has 0 saturated heterocycles. The minimum atomic E-state index is -3.08. The van der Waals surface area contributed by atoms with E-state index in [2.05, 4.69) is 25.5 Å². The Labute approximate surface area is 144 Å². The molecule has 1 unspecified atom stereocenters. The van der Waals surface area contributed by atoms with Crippen LogP contribution in [-0.4, -0.2) is 48.0 Å². The monoisotopic (exact) mass is 352 g/mol. The molecule has 0 amide bonds. The van der Waals surface area contributed by atoms with E-state index in [4.69, 9.17) is 0 Å². The van der Waals surface area contributed by atoms with Gasteiger partial charge in [0.25, 0.3) is 0 Å². The fraction of sp³-hybridized carbons (Fsp3) is 0.824. The number of fused-ring (bicyclic) bond motifs is 1. The Morgan fingerprint density at radius 3 is 2.75 bits per heavy atom. The lowest BCUT2D eigenvalue weighted by Crippen LogP contribution is -2.41. The van der Waals surface area contributed by atoms with Gasteiger partial charge in [0.1, 0.15) is 0 Å². The average molecular weight is 353 g/mol. The number of sulfonamides is 1. The lowest BCUT2D eigenvalue weighted by atomic mass is 10.0. The molecule has 1 atom stereocenters. The molecular formula is C17H28N4O2S. The van der Waals surface area contributed by atoms with E-state index >= 15 is 0 Å². The second kappa shape index (κ2) is 6.77. The van der Waals surface area contributed by atoms with E-state index < -0.39 is 10.0 Å². The molecule has 4 rings (SSSR count). The molecule has 2 aliphatic carbocycles. The van der Waals surface area contributed by atoms with Crippen LogP contribution in [0.2, 0.25) is 0 Å². The van der Waals surface area contributed by atoms with Crippen LogP contribution in [0.1, 0.15) is 56.7 Å². The molecule has 0 aromatic carbocycles. The highest BCUT2D eigenvalue weighted by Gasteiger charge is 2.35. The van der Waals surface area contributed by atoms with Crippen molar-refractivity contribution in [3.8, 4) is 0 Å². The summed E-state index contributed by atoms with van der Waals surface area (Å²) in [5.74, 6) is 0.841. The van der Waals surface area contributed by atoms with Crippen molar-refractivity contribution in [3.63, 3.8) is 0 Å². The molecule has 6 nitrogen and oxygen atoms in total. The van der Waals surface area contributed by atoms with Crippen molar-refractivity contribution in [2.75, 3.05) is 19.6 Å². The molecule has 2 saturated carbocycles. The van der Waals surface area contributed by atoms with Crippen LogP contribution in [0.3, 0.4) is 0 Å². The van der Waals surface area contributed by atoms with Crippen LogP contribution in [0.4, 0.5) is 0 Å². The number of rotatable bonds is 7. The molecule has 1 aromatic rings. The van der Waals surface area contributed by atoms with Gasteiger partial charge in [-0.25, -0.2) is 13.1 Å². The highest BCUT2D eigenvalue weighted by Crippen LogP contribution is 2.30. The summed E-state index contributed by atoms with van der Waals surface area (Å²) in [5.41, 5.74) is 1.26. The van der Waals surface area contributed by atoms with Crippen molar-refractivity contribution in [2.24, 2.45) is 5.92 Å². The predicted octanol–water partition coefficient (Wildman–Crippen LogP) is 1.90. The van der Waals surface area contributed by atoms with E-state index in [1.54, 1.807) is 0 Å². The second-order valence-electron chi connectivity index (χ2n) is 7.69. The third kappa shape index (κ3) is 3.68. The van der Waals surface area contributed by atoms with Crippen molar-refractivity contribution in [3.05, 3.63) is 18.0 Å². The molecule has 1 aliphatic heterocycles. The molecule has 1 N–H and O–H groups in total. The van der Waals surface area contributed by atoms with Crippen LogP contribution >= 0.6 is 0 Å². The van der Waals surface area contributed by atoms with Gasteiger partial charge in [0, 0.05) is 32.4 Å². The molecule has 1 aromatic heterocycles. The van der Waals surface area contributed by atoms with Gasteiger partial charge >= 0.3 is 0 Å². The van der Waals surface area contributed by atoms with Crippen LogP contribution in [0, 0.1) is 5.92 Å². The molecule has 0 spiro atoms. The van der Waals surface area contributed by atoms with Gasteiger partial charge in [-0.05, 0) is 44.1 Å². The Bertz CT molecular complexity index is 662. The van der Waals surface area contributed by atoms with E-state index in [9.17, 15) is 8.42 Å². The topological polar surface area (TPSA) is 67.2 Å². The fourth-order valence-corrected chi connectivity index (χ4v) is 5.63. The molecule has 0 bridgehead atoms. The van der Waals surface area contributed by atoms with E-state index in [-0.39, 0.29) is 11.3 Å². The highest BCUT2D eigenvalue weighted by molar-refractivity contribution is 7.90. The quantitative estimate of drug-likeness (QED) is 0.814. The van der Waals surface area contributed by atoms with Crippen LogP contribution in [0.25, 0.3) is 0 Å². The Morgan fingerprint density at radius 1 is 1.21 bits per heavy atom. The molecule has 7 heteroatoms. The fourth-order valence-electron chi connectivity index (χ4n) is 4.24. The minimum absolute atomic E-state index is 0.136. The Morgan fingerprint density at radius 2 is 2.00 bits per heavy atom. The number of hydrogen-bond acceptors (Lipinski definition) is 4. The highest BCUT2D eigenvalue weighted by atomic mass is 32.2. The van der Waals surface area contributed by atoms with E-state index in [1.165, 1.54) is 37.9 Å². The SMILES string of the molecule is O=S(=O)(NCCC1CN(CC2CCCC2)Cc2ccnn21)C1CC1. The van der Waals surface area contributed by atoms with Gasteiger partial charge in [-0.2, -0.15) is 5.10 Å². The van der Waals surface area contributed by atoms with Gasteiger partial charge in [-0.15, -0.1) is 0 Å². The zero-order valence-corrected chi connectivity index (χ0v) is 15.0. The maximum absolute atomic E-state index is 12.0. The molecule has 24 heavy (non-hydrogen) atoms. The Kier molecular flexibility index (Phi) is 4.66. The van der Waals surface area contributed by atoms with Gasteiger partial charge in [0.05, 0.1) is 17.0 Å². The summed E-state index contributed by atoms with van der Waals surface area (Å²) in [6, 6.07) is 2.37. The zero-order chi connectivity index (χ0) is 16.6. The zero-order valence-electron chi connectivity index (χ0n) is 14.2. The average Bonchev–Trinajstić information content (AvgIpc) is 3.11. The predicted molar refractivity (Wildman–Crippen MR) is 93.1 cm³/mol. The second-order valence-corrected chi connectivity index (χ2v) is 9.74. The summed E-state index contributed by atoms with van der Waals surface area (Å²) in [7, 11) is -3.08. The molecule has 2 heterocycles. The first kappa shape index (κ1) is 16.5. The lowest BCUT2D eigenvalue weighted by molar-refractivity contribution is 0.147. The summed E-state index contributed by atoms with van der Waals surface area (Å²) in [5, 5.41) is 4.34. The first-order chi connectivity index (χ1) is 11.6.